The number of carbonyl (C=O) groups is 1. The summed E-state index contributed by atoms with van der Waals surface area (Å²) in [7, 11) is 0. The van der Waals surface area contributed by atoms with Crippen LogP contribution >= 0.6 is 11.6 Å². The highest BCUT2D eigenvalue weighted by molar-refractivity contribution is 6.29. The molecule has 18 heavy (non-hydrogen) atoms. The minimum atomic E-state index is -0.247. The molecule has 0 saturated heterocycles. The van der Waals surface area contributed by atoms with Gasteiger partial charge in [-0.25, -0.2) is 9.97 Å². The van der Waals surface area contributed by atoms with Gasteiger partial charge in [-0.15, -0.1) is 0 Å². The number of halogens is 1. The lowest BCUT2D eigenvalue weighted by atomic mass is 10.1. The van der Waals surface area contributed by atoms with E-state index in [1.165, 1.54) is 24.4 Å². The minimum absolute atomic E-state index is 0.164. The first-order valence-corrected chi connectivity index (χ1v) is 5.57. The van der Waals surface area contributed by atoms with Crippen LogP contribution in [-0.2, 0) is 11.2 Å². The molecule has 0 saturated carbocycles. The normalized spacial score (nSPS) is 10.1. The maximum Gasteiger partial charge on any atom is 0.231 e. The van der Waals surface area contributed by atoms with Gasteiger partial charge in [0.2, 0.25) is 11.9 Å². The number of nitrogens with one attached hydrogen (secondary N) is 1. The van der Waals surface area contributed by atoms with Gasteiger partial charge < -0.3 is 5.11 Å². The molecule has 0 atom stereocenters. The van der Waals surface area contributed by atoms with Crippen LogP contribution in [0.25, 0.3) is 0 Å². The number of carbonyl (C=O) groups excluding carboxylic acids is 1. The molecule has 0 aliphatic carbocycles. The molecule has 1 amide bonds. The van der Waals surface area contributed by atoms with E-state index in [4.69, 9.17) is 16.7 Å². The molecule has 2 N–H and O–H groups in total. The van der Waals surface area contributed by atoms with E-state index in [1.807, 2.05) is 0 Å². The SMILES string of the molecule is O=C(Cc1ccc(O)cc1)Nc1nccc(Cl)n1. The fourth-order valence-corrected chi connectivity index (χ4v) is 1.50. The number of phenols is 1. The van der Waals surface area contributed by atoms with Crippen LogP contribution in [0.15, 0.2) is 36.5 Å². The van der Waals surface area contributed by atoms with Crippen molar-refractivity contribution in [2.24, 2.45) is 0 Å². The monoisotopic (exact) mass is 263 g/mol. The van der Waals surface area contributed by atoms with Crippen molar-refractivity contribution in [3.63, 3.8) is 0 Å². The Morgan fingerprint density at radius 1 is 1.28 bits per heavy atom. The molecule has 92 valence electrons. The number of benzene rings is 1. The van der Waals surface area contributed by atoms with Crippen LogP contribution in [0.5, 0.6) is 5.75 Å². The third kappa shape index (κ3) is 3.43. The number of nitrogens with zero attached hydrogens (tertiary/aromatic N) is 2. The van der Waals surface area contributed by atoms with Gasteiger partial charge in [0.25, 0.3) is 0 Å². The van der Waals surface area contributed by atoms with Crippen molar-refractivity contribution in [2.45, 2.75) is 6.42 Å². The zero-order chi connectivity index (χ0) is 13.0. The van der Waals surface area contributed by atoms with E-state index in [2.05, 4.69) is 15.3 Å². The molecule has 0 bridgehead atoms. The molecule has 0 aliphatic rings. The zero-order valence-electron chi connectivity index (χ0n) is 9.30. The number of aromatic nitrogens is 2. The Morgan fingerprint density at radius 3 is 2.67 bits per heavy atom. The molecule has 2 aromatic rings. The third-order valence-corrected chi connectivity index (χ3v) is 2.38. The Balaban J connectivity index is 1.98. The van der Waals surface area contributed by atoms with Gasteiger partial charge in [-0.05, 0) is 23.8 Å². The molecule has 0 unspecified atom stereocenters. The van der Waals surface area contributed by atoms with Gasteiger partial charge in [0.15, 0.2) is 0 Å². The van der Waals surface area contributed by atoms with E-state index in [0.717, 1.165) is 5.56 Å². The molecule has 1 aromatic heterocycles. The van der Waals surface area contributed by atoms with Gasteiger partial charge in [0, 0.05) is 6.20 Å². The molecule has 0 radical (unpaired) electrons. The summed E-state index contributed by atoms with van der Waals surface area (Å²) in [6.45, 7) is 0. The molecule has 0 aliphatic heterocycles. The van der Waals surface area contributed by atoms with Crippen LogP contribution in [0.4, 0.5) is 5.95 Å². The number of hydrogen-bond acceptors (Lipinski definition) is 4. The third-order valence-electron chi connectivity index (χ3n) is 2.17. The summed E-state index contributed by atoms with van der Waals surface area (Å²) in [5.74, 6) is 0.0894. The first-order chi connectivity index (χ1) is 8.63. The Bertz CT molecular complexity index is 558. The highest BCUT2D eigenvalue weighted by atomic mass is 35.5. The summed E-state index contributed by atoms with van der Waals surface area (Å²) in [5.41, 5.74) is 0.785. The van der Waals surface area contributed by atoms with Crippen LogP contribution in [0.2, 0.25) is 5.15 Å². The number of hydrogen-bond donors (Lipinski definition) is 2. The number of anilines is 1. The van der Waals surface area contributed by atoms with Crippen molar-refractivity contribution < 1.29 is 9.90 Å². The average Bonchev–Trinajstić information content (AvgIpc) is 2.32. The second-order valence-electron chi connectivity index (χ2n) is 3.59. The second-order valence-corrected chi connectivity index (χ2v) is 3.98. The Morgan fingerprint density at radius 2 is 2.00 bits per heavy atom. The lowest BCUT2D eigenvalue weighted by Gasteiger charge is -2.03. The maximum absolute atomic E-state index is 11.7. The van der Waals surface area contributed by atoms with E-state index in [1.54, 1.807) is 12.1 Å². The summed E-state index contributed by atoms with van der Waals surface area (Å²) < 4.78 is 0. The van der Waals surface area contributed by atoms with Gasteiger partial charge in [-0.3, -0.25) is 10.1 Å². The summed E-state index contributed by atoms with van der Waals surface area (Å²) in [6, 6.07) is 7.93. The van der Waals surface area contributed by atoms with Crippen molar-refractivity contribution >= 4 is 23.5 Å². The fourth-order valence-electron chi connectivity index (χ4n) is 1.36. The van der Waals surface area contributed by atoms with E-state index in [9.17, 15) is 4.79 Å². The van der Waals surface area contributed by atoms with Gasteiger partial charge in [0.1, 0.15) is 10.9 Å². The van der Waals surface area contributed by atoms with E-state index >= 15 is 0 Å². The Kier molecular flexibility index (Phi) is 3.74. The smallest absolute Gasteiger partial charge is 0.231 e. The predicted octanol–water partition coefficient (Wildman–Crippen LogP) is 2.02. The molecule has 0 fully saturated rings. The highest BCUT2D eigenvalue weighted by Crippen LogP contribution is 2.11. The number of phenolic OH excluding ortho intramolecular Hbond substituents is 1. The molecule has 1 aromatic carbocycles. The molecule has 6 heteroatoms. The second kappa shape index (κ2) is 5.46. The summed E-state index contributed by atoms with van der Waals surface area (Å²) in [4.78, 5) is 19.4. The maximum atomic E-state index is 11.7. The number of amides is 1. The molecular weight excluding hydrogens is 254 g/mol. The van der Waals surface area contributed by atoms with E-state index in [-0.39, 0.29) is 29.2 Å². The first-order valence-electron chi connectivity index (χ1n) is 5.20. The molecule has 5 nitrogen and oxygen atoms in total. The van der Waals surface area contributed by atoms with Crippen LogP contribution in [0.3, 0.4) is 0 Å². The van der Waals surface area contributed by atoms with Crippen LogP contribution in [0, 0.1) is 0 Å². The topological polar surface area (TPSA) is 75.1 Å². The summed E-state index contributed by atoms with van der Waals surface area (Å²) in [6.07, 6.45) is 1.64. The lowest BCUT2D eigenvalue weighted by molar-refractivity contribution is -0.115. The number of rotatable bonds is 3. The number of aromatic hydroxyl groups is 1. The Hall–Kier alpha value is -2.14. The van der Waals surface area contributed by atoms with Gasteiger partial charge in [-0.2, -0.15) is 0 Å². The van der Waals surface area contributed by atoms with Crippen LogP contribution in [0.1, 0.15) is 5.56 Å². The highest BCUT2D eigenvalue weighted by Gasteiger charge is 2.06. The largest absolute Gasteiger partial charge is 0.508 e. The predicted molar refractivity (Wildman–Crippen MR) is 67.5 cm³/mol. The van der Waals surface area contributed by atoms with Crippen molar-refractivity contribution in [3.8, 4) is 5.75 Å². The summed E-state index contributed by atoms with van der Waals surface area (Å²) >= 11 is 5.68. The van der Waals surface area contributed by atoms with Gasteiger partial charge in [0.05, 0.1) is 6.42 Å². The van der Waals surface area contributed by atoms with Crippen LogP contribution < -0.4 is 5.32 Å². The first kappa shape index (κ1) is 12.3. The molecular formula is C12H10ClN3O2. The van der Waals surface area contributed by atoms with Gasteiger partial charge in [-0.1, -0.05) is 23.7 Å². The Labute approximate surface area is 108 Å². The standard InChI is InChI=1S/C12H10ClN3O2/c13-10-5-6-14-12(15-10)16-11(18)7-8-1-3-9(17)4-2-8/h1-6,17H,7H2,(H,14,15,16,18). The summed E-state index contributed by atoms with van der Waals surface area (Å²) in [5, 5.41) is 11.9. The molecule has 1 heterocycles. The average molecular weight is 264 g/mol. The van der Waals surface area contributed by atoms with E-state index < -0.39 is 0 Å². The van der Waals surface area contributed by atoms with Crippen LogP contribution in [-0.4, -0.2) is 21.0 Å². The van der Waals surface area contributed by atoms with Gasteiger partial charge >= 0.3 is 0 Å². The molecule has 2 rings (SSSR count). The minimum Gasteiger partial charge on any atom is -0.508 e. The quantitative estimate of drug-likeness (QED) is 0.831. The van der Waals surface area contributed by atoms with E-state index in [0.29, 0.717) is 0 Å². The van der Waals surface area contributed by atoms with Crippen molar-refractivity contribution in [3.05, 3.63) is 47.2 Å². The molecule has 0 spiro atoms. The lowest BCUT2D eigenvalue weighted by Crippen LogP contribution is -2.16. The van der Waals surface area contributed by atoms with Crippen molar-refractivity contribution in [1.29, 1.82) is 0 Å². The van der Waals surface area contributed by atoms with Crippen molar-refractivity contribution in [2.75, 3.05) is 5.32 Å². The fraction of sp³-hybridized carbons (Fsp3) is 0.0833. The zero-order valence-corrected chi connectivity index (χ0v) is 10.1. The van der Waals surface area contributed by atoms with Crippen molar-refractivity contribution in [1.82, 2.24) is 9.97 Å².